The first-order valence-corrected chi connectivity index (χ1v) is 12.5. The van der Waals surface area contributed by atoms with Gasteiger partial charge in [-0.15, -0.1) is 0 Å². The average Bonchev–Trinajstić information content (AvgIpc) is 2.81. The standard InChI is InChI=1S/C27H33N3O8/c1-26(2,3)11-29-9-14-5-13(10-30-38-4)16-7-12-6-15-8-17(31)20(25(28)36)24(35)27(15,37)23(34)18(12)22(33)19(16)21(14)32/h5,10,12,15,18,20,29,32,37H,6-9,11H2,1-4H3,(H2,28,36)/b30-10-/t12-,15+,18?,20?,27+/m1/s1. The zero-order valence-corrected chi connectivity index (χ0v) is 21.9. The van der Waals surface area contributed by atoms with Gasteiger partial charge in [-0.25, -0.2) is 0 Å². The van der Waals surface area contributed by atoms with Crippen LogP contribution in [0.3, 0.4) is 0 Å². The molecule has 1 aromatic carbocycles. The lowest BCUT2D eigenvalue weighted by Crippen LogP contribution is -2.68. The maximum atomic E-state index is 13.8. The van der Waals surface area contributed by atoms with E-state index in [0.717, 1.165) is 0 Å². The van der Waals surface area contributed by atoms with E-state index in [9.17, 15) is 34.2 Å². The molecule has 1 aromatic rings. The normalized spacial score (nSPS) is 29.2. The molecule has 2 saturated carbocycles. The molecule has 38 heavy (non-hydrogen) atoms. The van der Waals surface area contributed by atoms with Gasteiger partial charge in [-0.2, -0.15) is 0 Å². The highest BCUT2D eigenvalue weighted by molar-refractivity contribution is 6.31. The van der Waals surface area contributed by atoms with Gasteiger partial charge in [0.15, 0.2) is 34.7 Å². The number of nitrogens with one attached hydrogen (secondary N) is 1. The minimum absolute atomic E-state index is 0.0254. The summed E-state index contributed by atoms with van der Waals surface area (Å²) in [6, 6.07) is 1.70. The fourth-order valence-corrected chi connectivity index (χ4v) is 6.05. The lowest BCUT2D eigenvalue weighted by Gasteiger charge is -2.48. The molecule has 0 heterocycles. The average molecular weight is 528 g/mol. The van der Waals surface area contributed by atoms with Crippen LogP contribution in [0.5, 0.6) is 5.75 Å². The molecule has 3 aliphatic carbocycles. The van der Waals surface area contributed by atoms with E-state index in [-0.39, 0.29) is 42.5 Å². The Kier molecular flexibility index (Phi) is 7.04. The van der Waals surface area contributed by atoms with Crippen molar-refractivity contribution >= 4 is 35.3 Å². The maximum Gasteiger partial charge on any atom is 0.235 e. The summed E-state index contributed by atoms with van der Waals surface area (Å²) in [7, 11) is 1.37. The molecule has 204 valence electrons. The molecule has 0 spiro atoms. The van der Waals surface area contributed by atoms with Crippen LogP contribution in [0.1, 0.15) is 60.7 Å². The van der Waals surface area contributed by atoms with Crippen molar-refractivity contribution in [3.05, 3.63) is 28.3 Å². The number of Topliss-reactive ketones (excluding diaryl/α,β-unsaturated/α-hetero) is 4. The van der Waals surface area contributed by atoms with Crippen molar-refractivity contribution in [3.63, 3.8) is 0 Å². The number of oxime groups is 1. The summed E-state index contributed by atoms with van der Waals surface area (Å²) < 4.78 is 0. The third-order valence-corrected chi connectivity index (χ3v) is 7.78. The number of benzene rings is 1. The first-order valence-electron chi connectivity index (χ1n) is 12.5. The Labute approximate surface area is 219 Å². The molecule has 11 heteroatoms. The zero-order chi connectivity index (χ0) is 28.2. The van der Waals surface area contributed by atoms with E-state index in [2.05, 4.69) is 10.5 Å². The van der Waals surface area contributed by atoms with Crippen LogP contribution in [0.2, 0.25) is 0 Å². The zero-order valence-electron chi connectivity index (χ0n) is 21.9. The number of nitrogens with zero attached hydrogens (tertiary/aromatic N) is 1. The second kappa shape index (κ2) is 9.70. The number of phenolic OH excluding ortho intramolecular Hbond substituents is 1. The molecule has 0 aliphatic heterocycles. The largest absolute Gasteiger partial charge is 0.507 e. The van der Waals surface area contributed by atoms with E-state index in [0.29, 0.717) is 23.2 Å². The molecule has 1 amide bonds. The molecule has 5 atom stereocenters. The van der Waals surface area contributed by atoms with E-state index in [1.807, 2.05) is 20.8 Å². The predicted octanol–water partition coefficient (Wildman–Crippen LogP) is 0.443. The predicted molar refractivity (Wildman–Crippen MR) is 134 cm³/mol. The van der Waals surface area contributed by atoms with Crippen LogP contribution in [0.25, 0.3) is 0 Å². The third kappa shape index (κ3) is 4.43. The number of nitrogens with two attached hydrogens (primary N) is 1. The lowest BCUT2D eigenvalue weighted by molar-refractivity contribution is -0.175. The van der Waals surface area contributed by atoms with E-state index in [1.165, 1.54) is 13.3 Å². The van der Waals surface area contributed by atoms with Gasteiger partial charge in [0, 0.05) is 36.6 Å². The van der Waals surface area contributed by atoms with Gasteiger partial charge in [0.1, 0.15) is 12.9 Å². The third-order valence-electron chi connectivity index (χ3n) is 7.78. The number of hydrogen-bond donors (Lipinski definition) is 4. The van der Waals surface area contributed by atoms with Gasteiger partial charge in [0.25, 0.3) is 0 Å². The van der Waals surface area contributed by atoms with E-state index in [4.69, 9.17) is 10.6 Å². The lowest BCUT2D eigenvalue weighted by atomic mass is 9.53. The number of aliphatic hydroxyl groups is 1. The number of ketones is 4. The quantitative estimate of drug-likeness (QED) is 0.231. The first-order chi connectivity index (χ1) is 17.7. The first kappa shape index (κ1) is 27.6. The van der Waals surface area contributed by atoms with Gasteiger partial charge in [-0.1, -0.05) is 25.9 Å². The molecular weight excluding hydrogens is 494 g/mol. The van der Waals surface area contributed by atoms with Crippen molar-refractivity contribution in [2.45, 2.75) is 52.2 Å². The molecular formula is C27H33N3O8. The van der Waals surface area contributed by atoms with Crippen LogP contribution in [0.4, 0.5) is 0 Å². The van der Waals surface area contributed by atoms with Crippen molar-refractivity contribution in [1.29, 1.82) is 0 Å². The van der Waals surface area contributed by atoms with Crippen LogP contribution in [0.15, 0.2) is 11.2 Å². The SMILES string of the molecule is CO/N=C\c1cc(CNCC(C)(C)C)c(O)c2c1C[C@H]1C[C@H]3CC(=O)C(C(N)=O)C(=O)[C@@]3(O)C(=O)C1C2=O. The number of rotatable bonds is 6. The number of carbonyl (C=O) groups is 5. The summed E-state index contributed by atoms with van der Waals surface area (Å²) in [5, 5.41) is 29.6. The molecule has 0 radical (unpaired) electrons. The van der Waals surface area contributed by atoms with Gasteiger partial charge in [0.2, 0.25) is 5.91 Å². The van der Waals surface area contributed by atoms with Crippen molar-refractivity contribution in [2.24, 2.45) is 40.0 Å². The van der Waals surface area contributed by atoms with Gasteiger partial charge in [-0.3, -0.25) is 24.0 Å². The fraction of sp³-hybridized carbons (Fsp3) is 0.556. The Balaban J connectivity index is 1.78. The highest BCUT2D eigenvalue weighted by Gasteiger charge is 2.66. The van der Waals surface area contributed by atoms with Gasteiger partial charge >= 0.3 is 0 Å². The van der Waals surface area contributed by atoms with E-state index >= 15 is 0 Å². The molecule has 0 saturated heterocycles. The fourth-order valence-electron chi connectivity index (χ4n) is 6.05. The van der Waals surface area contributed by atoms with Gasteiger partial charge in [0.05, 0.1) is 17.7 Å². The molecule has 0 aromatic heterocycles. The van der Waals surface area contributed by atoms with Crippen LogP contribution < -0.4 is 11.1 Å². The Morgan fingerprint density at radius 3 is 2.53 bits per heavy atom. The molecule has 11 nitrogen and oxygen atoms in total. The second-order valence-electron chi connectivity index (χ2n) is 11.6. The molecule has 4 rings (SSSR count). The number of fused-ring (bicyclic) bond motifs is 3. The molecule has 2 unspecified atom stereocenters. The van der Waals surface area contributed by atoms with E-state index < -0.39 is 58.3 Å². The van der Waals surface area contributed by atoms with Crippen LogP contribution >= 0.6 is 0 Å². The summed E-state index contributed by atoms with van der Waals surface area (Å²) >= 11 is 0. The topological polar surface area (TPSA) is 185 Å². The number of primary amides is 1. The van der Waals surface area contributed by atoms with Crippen LogP contribution in [0, 0.1) is 29.1 Å². The number of aromatic hydroxyl groups is 1. The minimum atomic E-state index is -2.68. The van der Waals surface area contributed by atoms with Gasteiger partial charge in [-0.05, 0) is 35.8 Å². The van der Waals surface area contributed by atoms with Crippen molar-refractivity contribution in [3.8, 4) is 5.75 Å². The van der Waals surface area contributed by atoms with Gasteiger partial charge < -0.3 is 26.1 Å². The highest BCUT2D eigenvalue weighted by Crippen LogP contribution is 2.50. The summed E-state index contributed by atoms with van der Waals surface area (Å²) in [6.07, 6.45) is 1.23. The van der Waals surface area contributed by atoms with Crippen molar-refractivity contribution in [1.82, 2.24) is 5.32 Å². The molecule has 5 N–H and O–H groups in total. The highest BCUT2D eigenvalue weighted by atomic mass is 16.6. The summed E-state index contributed by atoms with van der Waals surface area (Å²) in [4.78, 5) is 69.7. The number of phenols is 1. The van der Waals surface area contributed by atoms with Crippen LogP contribution in [-0.4, -0.2) is 64.7 Å². The Morgan fingerprint density at radius 2 is 1.92 bits per heavy atom. The minimum Gasteiger partial charge on any atom is -0.507 e. The van der Waals surface area contributed by atoms with Crippen molar-refractivity contribution in [2.75, 3.05) is 13.7 Å². The smallest absolute Gasteiger partial charge is 0.235 e. The monoisotopic (exact) mass is 527 g/mol. The maximum absolute atomic E-state index is 13.8. The van der Waals surface area contributed by atoms with Crippen LogP contribution in [-0.2, 0) is 37.0 Å². The Bertz CT molecular complexity index is 1260. The number of amides is 1. The number of carbonyl (C=O) groups excluding carboxylic acids is 5. The number of hydrogen-bond acceptors (Lipinski definition) is 10. The molecule has 2 fully saturated rings. The Morgan fingerprint density at radius 1 is 1.24 bits per heavy atom. The van der Waals surface area contributed by atoms with E-state index in [1.54, 1.807) is 6.07 Å². The molecule has 0 bridgehead atoms. The summed E-state index contributed by atoms with van der Waals surface area (Å²) in [6.45, 7) is 6.98. The summed E-state index contributed by atoms with van der Waals surface area (Å²) in [5.74, 6) is -10.4. The Hall–Kier alpha value is -3.44. The second-order valence-corrected chi connectivity index (χ2v) is 11.6. The summed E-state index contributed by atoms with van der Waals surface area (Å²) in [5.41, 5.74) is 3.84. The molecule has 3 aliphatic rings. The van der Waals surface area contributed by atoms with Crippen molar-refractivity contribution < 1.29 is 39.0 Å².